The van der Waals surface area contributed by atoms with Crippen LogP contribution in [-0.4, -0.2) is 9.78 Å². The molecule has 0 spiro atoms. The second-order valence-corrected chi connectivity index (χ2v) is 4.25. The summed E-state index contributed by atoms with van der Waals surface area (Å²) in [5.41, 5.74) is 9.80. The smallest absolute Gasteiger partial charge is 0.0694 e. The van der Waals surface area contributed by atoms with E-state index in [-0.39, 0.29) is 0 Å². The number of benzene rings is 1. The average molecular weight is 236 g/mol. The van der Waals surface area contributed by atoms with Gasteiger partial charge in [-0.2, -0.15) is 5.10 Å². The lowest BCUT2D eigenvalue weighted by atomic mass is 10.2. The van der Waals surface area contributed by atoms with Crippen molar-refractivity contribution in [3.05, 3.63) is 46.2 Å². The van der Waals surface area contributed by atoms with E-state index in [9.17, 15) is 0 Å². The van der Waals surface area contributed by atoms with Crippen LogP contribution in [0.4, 0.5) is 0 Å². The summed E-state index contributed by atoms with van der Waals surface area (Å²) in [5, 5.41) is 5.14. The second kappa shape index (κ2) is 4.28. The SMILES string of the molecule is Cc1cc(C)n(-c2ccc(Cl)cc2CN)n1. The van der Waals surface area contributed by atoms with Crippen molar-refractivity contribution in [2.75, 3.05) is 0 Å². The molecule has 1 aromatic heterocycles. The Bertz CT molecular complexity index is 517. The van der Waals surface area contributed by atoms with Gasteiger partial charge in [0.05, 0.1) is 11.4 Å². The highest BCUT2D eigenvalue weighted by Crippen LogP contribution is 2.20. The van der Waals surface area contributed by atoms with E-state index in [1.54, 1.807) is 0 Å². The molecule has 0 bridgehead atoms. The van der Waals surface area contributed by atoms with Gasteiger partial charge in [-0.15, -0.1) is 0 Å². The molecule has 0 radical (unpaired) electrons. The fourth-order valence-electron chi connectivity index (χ4n) is 1.80. The van der Waals surface area contributed by atoms with Gasteiger partial charge in [0.25, 0.3) is 0 Å². The van der Waals surface area contributed by atoms with E-state index < -0.39 is 0 Å². The number of nitrogens with two attached hydrogens (primary N) is 1. The molecule has 0 saturated carbocycles. The predicted molar refractivity (Wildman–Crippen MR) is 65.9 cm³/mol. The van der Waals surface area contributed by atoms with Crippen LogP contribution >= 0.6 is 11.6 Å². The average Bonchev–Trinajstić information content (AvgIpc) is 2.57. The van der Waals surface area contributed by atoms with E-state index >= 15 is 0 Å². The second-order valence-electron chi connectivity index (χ2n) is 3.82. The zero-order valence-corrected chi connectivity index (χ0v) is 10.1. The standard InChI is InChI=1S/C12H14ClN3/c1-8-5-9(2)16(15-8)12-4-3-11(13)6-10(12)7-14/h3-6H,7,14H2,1-2H3. The summed E-state index contributed by atoms with van der Waals surface area (Å²) in [4.78, 5) is 0. The summed E-state index contributed by atoms with van der Waals surface area (Å²) in [6, 6.07) is 7.72. The number of halogens is 1. The molecule has 3 nitrogen and oxygen atoms in total. The van der Waals surface area contributed by atoms with Gasteiger partial charge < -0.3 is 5.73 Å². The first-order chi connectivity index (χ1) is 7.61. The minimum absolute atomic E-state index is 0.453. The molecule has 2 rings (SSSR count). The predicted octanol–water partition coefficient (Wildman–Crippen LogP) is 2.60. The van der Waals surface area contributed by atoms with Crippen molar-refractivity contribution in [2.24, 2.45) is 5.73 Å². The number of hydrogen-bond acceptors (Lipinski definition) is 2. The van der Waals surface area contributed by atoms with E-state index in [1.807, 2.05) is 42.8 Å². The Morgan fingerprint density at radius 2 is 2.06 bits per heavy atom. The lowest BCUT2D eigenvalue weighted by Gasteiger charge is -2.10. The van der Waals surface area contributed by atoms with Crippen LogP contribution in [0.1, 0.15) is 17.0 Å². The van der Waals surface area contributed by atoms with Gasteiger partial charge in [0.1, 0.15) is 0 Å². The molecule has 0 aliphatic heterocycles. The van der Waals surface area contributed by atoms with E-state index in [4.69, 9.17) is 17.3 Å². The van der Waals surface area contributed by atoms with Crippen molar-refractivity contribution < 1.29 is 0 Å². The summed E-state index contributed by atoms with van der Waals surface area (Å²) in [5.74, 6) is 0. The molecule has 0 atom stereocenters. The van der Waals surface area contributed by atoms with Gasteiger partial charge in [0.2, 0.25) is 0 Å². The number of nitrogens with zero attached hydrogens (tertiary/aromatic N) is 2. The number of aryl methyl sites for hydroxylation is 2. The quantitative estimate of drug-likeness (QED) is 0.870. The maximum Gasteiger partial charge on any atom is 0.0694 e. The Morgan fingerprint density at radius 3 is 2.62 bits per heavy atom. The lowest BCUT2D eigenvalue weighted by Crippen LogP contribution is -2.07. The van der Waals surface area contributed by atoms with Crippen molar-refractivity contribution in [3.8, 4) is 5.69 Å². The number of rotatable bonds is 2. The first-order valence-corrected chi connectivity index (χ1v) is 5.51. The van der Waals surface area contributed by atoms with Gasteiger partial charge in [0, 0.05) is 17.3 Å². The zero-order chi connectivity index (χ0) is 11.7. The molecular weight excluding hydrogens is 222 g/mol. The van der Waals surface area contributed by atoms with Crippen LogP contribution in [0.3, 0.4) is 0 Å². The number of hydrogen-bond donors (Lipinski definition) is 1. The molecule has 0 amide bonds. The molecule has 1 heterocycles. The summed E-state index contributed by atoms with van der Waals surface area (Å²) < 4.78 is 1.90. The van der Waals surface area contributed by atoms with Gasteiger partial charge in [-0.25, -0.2) is 4.68 Å². The molecule has 0 unspecified atom stereocenters. The van der Waals surface area contributed by atoms with Crippen LogP contribution in [0, 0.1) is 13.8 Å². The molecule has 2 N–H and O–H groups in total. The third-order valence-electron chi connectivity index (χ3n) is 2.50. The maximum atomic E-state index is 5.94. The van der Waals surface area contributed by atoms with Crippen LogP contribution in [0.5, 0.6) is 0 Å². The van der Waals surface area contributed by atoms with Crippen LogP contribution < -0.4 is 5.73 Å². The summed E-state index contributed by atoms with van der Waals surface area (Å²) in [6.07, 6.45) is 0. The van der Waals surface area contributed by atoms with Crippen molar-refractivity contribution in [3.63, 3.8) is 0 Å². The summed E-state index contributed by atoms with van der Waals surface area (Å²) in [6.45, 7) is 4.45. The van der Waals surface area contributed by atoms with E-state index in [0.717, 1.165) is 22.6 Å². The molecule has 84 valence electrons. The molecule has 2 aromatic rings. The lowest BCUT2D eigenvalue weighted by molar-refractivity contribution is 0.818. The van der Waals surface area contributed by atoms with E-state index in [2.05, 4.69) is 5.10 Å². The highest BCUT2D eigenvalue weighted by Gasteiger charge is 2.08. The molecule has 0 aliphatic rings. The zero-order valence-electron chi connectivity index (χ0n) is 9.37. The van der Waals surface area contributed by atoms with Crippen LogP contribution in [0.2, 0.25) is 5.02 Å². The maximum absolute atomic E-state index is 5.94. The van der Waals surface area contributed by atoms with Gasteiger partial charge >= 0.3 is 0 Å². The van der Waals surface area contributed by atoms with Gasteiger partial charge in [-0.1, -0.05) is 11.6 Å². The first-order valence-electron chi connectivity index (χ1n) is 5.14. The molecule has 4 heteroatoms. The summed E-state index contributed by atoms with van der Waals surface area (Å²) >= 11 is 5.94. The monoisotopic (exact) mass is 235 g/mol. The third kappa shape index (κ3) is 1.96. The highest BCUT2D eigenvalue weighted by atomic mass is 35.5. The molecule has 0 saturated heterocycles. The Labute approximate surface area is 99.8 Å². The molecule has 16 heavy (non-hydrogen) atoms. The normalized spacial score (nSPS) is 10.8. The molecule has 1 aromatic carbocycles. The Balaban J connectivity index is 2.59. The van der Waals surface area contributed by atoms with Crippen LogP contribution in [0.15, 0.2) is 24.3 Å². The Kier molecular flexibility index (Phi) is 2.99. The van der Waals surface area contributed by atoms with Crippen LogP contribution in [0.25, 0.3) is 5.69 Å². The van der Waals surface area contributed by atoms with Gasteiger partial charge in [-0.3, -0.25) is 0 Å². The van der Waals surface area contributed by atoms with Crippen molar-refractivity contribution in [1.82, 2.24) is 9.78 Å². The topological polar surface area (TPSA) is 43.8 Å². The first kappa shape index (κ1) is 11.2. The van der Waals surface area contributed by atoms with E-state index in [0.29, 0.717) is 11.6 Å². The van der Waals surface area contributed by atoms with Crippen molar-refractivity contribution in [1.29, 1.82) is 0 Å². The molecular formula is C12H14ClN3. The minimum Gasteiger partial charge on any atom is -0.326 e. The Hall–Kier alpha value is -1.32. The van der Waals surface area contributed by atoms with Gasteiger partial charge in [0.15, 0.2) is 0 Å². The number of aromatic nitrogens is 2. The molecule has 0 aliphatic carbocycles. The largest absolute Gasteiger partial charge is 0.326 e. The van der Waals surface area contributed by atoms with Crippen LogP contribution in [-0.2, 0) is 6.54 Å². The molecule has 0 fully saturated rings. The van der Waals surface area contributed by atoms with E-state index in [1.165, 1.54) is 0 Å². The minimum atomic E-state index is 0.453. The fourth-order valence-corrected chi connectivity index (χ4v) is 1.99. The summed E-state index contributed by atoms with van der Waals surface area (Å²) in [7, 11) is 0. The van der Waals surface area contributed by atoms with Crippen molar-refractivity contribution in [2.45, 2.75) is 20.4 Å². The fraction of sp³-hybridized carbons (Fsp3) is 0.250. The Morgan fingerprint density at radius 1 is 1.31 bits per heavy atom. The highest BCUT2D eigenvalue weighted by molar-refractivity contribution is 6.30. The van der Waals surface area contributed by atoms with Gasteiger partial charge in [-0.05, 0) is 43.7 Å². The third-order valence-corrected chi connectivity index (χ3v) is 2.73. The van der Waals surface area contributed by atoms with Crippen molar-refractivity contribution >= 4 is 11.6 Å².